The summed E-state index contributed by atoms with van der Waals surface area (Å²) < 4.78 is 22.6. The van der Waals surface area contributed by atoms with E-state index in [-0.39, 0.29) is 12.3 Å². The van der Waals surface area contributed by atoms with Crippen LogP contribution in [0.4, 0.5) is 5.82 Å². The van der Waals surface area contributed by atoms with E-state index >= 15 is 0 Å². The maximum Gasteiger partial charge on any atom is 0.243 e. The van der Waals surface area contributed by atoms with Gasteiger partial charge in [0.1, 0.15) is 5.75 Å². The molecule has 1 amide bonds. The molecular formula is C11H10N2O3S. The summed E-state index contributed by atoms with van der Waals surface area (Å²) in [5, 5.41) is 0. The zero-order valence-electron chi connectivity index (χ0n) is 8.96. The number of anilines is 1. The van der Waals surface area contributed by atoms with Crippen LogP contribution < -0.4 is 4.90 Å². The summed E-state index contributed by atoms with van der Waals surface area (Å²) in [7, 11) is -3.26. The Morgan fingerprint density at radius 3 is 2.88 bits per heavy atom. The van der Waals surface area contributed by atoms with Crippen molar-refractivity contribution >= 4 is 21.6 Å². The number of sulfone groups is 1. The minimum atomic E-state index is -3.26. The van der Waals surface area contributed by atoms with Crippen molar-refractivity contribution in [3.05, 3.63) is 23.9 Å². The maximum atomic E-state index is 11.7. The van der Waals surface area contributed by atoms with Crippen molar-refractivity contribution in [1.82, 2.24) is 4.98 Å². The molecule has 0 aromatic carbocycles. The van der Waals surface area contributed by atoms with E-state index in [4.69, 9.17) is 6.42 Å². The minimum Gasteiger partial charge on any atom is -0.294 e. The van der Waals surface area contributed by atoms with E-state index < -0.39 is 21.5 Å². The standard InChI is InChI=1S/C11H10N2O3S/c1-2-9-4-3-5-12-11(9)13-6-7-17(15,16)8-10(13)14/h1,3-5H,6-8H2. The van der Waals surface area contributed by atoms with Gasteiger partial charge in [0.25, 0.3) is 0 Å². The second-order valence-corrected chi connectivity index (χ2v) is 5.84. The van der Waals surface area contributed by atoms with Crippen molar-refractivity contribution in [1.29, 1.82) is 0 Å². The number of hydrogen-bond donors (Lipinski definition) is 0. The molecule has 1 saturated heterocycles. The average molecular weight is 250 g/mol. The fourth-order valence-electron chi connectivity index (χ4n) is 1.64. The third-order valence-electron chi connectivity index (χ3n) is 2.47. The molecule has 5 nitrogen and oxygen atoms in total. The molecule has 6 heteroatoms. The molecule has 88 valence electrons. The van der Waals surface area contributed by atoms with Gasteiger partial charge in [-0.05, 0) is 12.1 Å². The number of terminal acetylenes is 1. The zero-order valence-corrected chi connectivity index (χ0v) is 9.77. The smallest absolute Gasteiger partial charge is 0.243 e. The summed E-state index contributed by atoms with van der Waals surface area (Å²) in [5.41, 5.74) is 0.486. The highest BCUT2D eigenvalue weighted by atomic mass is 32.2. The molecule has 1 aromatic heterocycles. The second-order valence-electron chi connectivity index (χ2n) is 3.66. The Bertz CT molecular complexity index is 601. The number of rotatable bonds is 1. The molecule has 2 heterocycles. The largest absolute Gasteiger partial charge is 0.294 e. The van der Waals surface area contributed by atoms with Crippen molar-refractivity contribution in [2.75, 3.05) is 23.0 Å². The number of pyridine rings is 1. The number of aromatic nitrogens is 1. The summed E-state index contributed by atoms with van der Waals surface area (Å²) in [4.78, 5) is 17.1. The Kier molecular flexibility index (Phi) is 2.86. The Balaban J connectivity index is 2.37. The van der Waals surface area contributed by atoms with Gasteiger partial charge in [-0.1, -0.05) is 5.92 Å². The molecule has 0 unspecified atom stereocenters. The van der Waals surface area contributed by atoms with Crippen molar-refractivity contribution in [2.24, 2.45) is 0 Å². The lowest BCUT2D eigenvalue weighted by Gasteiger charge is -2.26. The predicted molar refractivity (Wildman–Crippen MR) is 63.2 cm³/mol. The fraction of sp³-hybridized carbons (Fsp3) is 0.273. The lowest BCUT2D eigenvalue weighted by molar-refractivity contribution is -0.116. The second kappa shape index (κ2) is 4.18. The molecule has 0 atom stereocenters. The molecular weight excluding hydrogens is 240 g/mol. The molecule has 0 N–H and O–H groups in total. The molecule has 1 aromatic rings. The van der Waals surface area contributed by atoms with Gasteiger partial charge >= 0.3 is 0 Å². The molecule has 1 fully saturated rings. The van der Waals surface area contributed by atoms with Gasteiger partial charge in [0.2, 0.25) is 5.91 Å². The van der Waals surface area contributed by atoms with E-state index in [9.17, 15) is 13.2 Å². The first-order valence-corrected chi connectivity index (χ1v) is 6.78. The third kappa shape index (κ3) is 2.29. The maximum absolute atomic E-state index is 11.7. The van der Waals surface area contributed by atoms with Crippen molar-refractivity contribution in [2.45, 2.75) is 0 Å². The van der Waals surface area contributed by atoms with Crippen LogP contribution in [0.15, 0.2) is 18.3 Å². The third-order valence-corrected chi connectivity index (χ3v) is 3.96. The van der Waals surface area contributed by atoms with E-state index in [0.29, 0.717) is 11.4 Å². The highest BCUT2D eigenvalue weighted by Crippen LogP contribution is 2.19. The van der Waals surface area contributed by atoms with E-state index in [0.717, 1.165) is 0 Å². The first kappa shape index (κ1) is 11.6. The van der Waals surface area contributed by atoms with Crippen LogP contribution in [-0.2, 0) is 14.6 Å². The number of carbonyl (C=O) groups excluding carboxylic acids is 1. The molecule has 2 rings (SSSR count). The Hall–Kier alpha value is -1.87. The first-order chi connectivity index (χ1) is 8.03. The van der Waals surface area contributed by atoms with Crippen LogP contribution in [0.1, 0.15) is 5.56 Å². The van der Waals surface area contributed by atoms with Crippen LogP contribution in [0.25, 0.3) is 0 Å². The van der Waals surface area contributed by atoms with Crippen LogP contribution in [0.5, 0.6) is 0 Å². The number of hydrogen-bond acceptors (Lipinski definition) is 4. The number of carbonyl (C=O) groups is 1. The summed E-state index contributed by atoms with van der Waals surface area (Å²) in [6.07, 6.45) is 6.83. The highest BCUT2D eigenvalue weighted by Gasteiger charge is 2.31. The Labute approximate surface area is 99.4 Å². The van der Waals surface area contributed by atoms with Crippen LogP contribution in [0.3, 0.4) is 0 Å². The van der Waals surface area contributed by atoms with Gasteiger partial charge < -0.3 is 0 Å². The van der Waals surface area contributed by atoms with Gasteiger partial charge in [0, 0.05) is 12.7 Å². The van der Waals surface area contributed by atoms with Gasteiger partial charge in [-0.2, -0.15) is 0 Å². The Morgan fingerprint density at radius 1 is 1.47 bits per heavy atom. The SMILES string of the molecule is C#Cc1cccnc1N1CCS(=O)(=O)CC1=O. The van der Waals surface area contributed by atoms with Gasteiger partial charge in [-0.25, -0.2) is 13.4 Å². The molecule has 1 aliphatic heterocycles. The van der Waals surface area contributed by atoms with Gasteiger partial charge in [0.05, 0.1) is 11.3 Å². The lowest BCUT2D eigenvalue weighted by atomic mass is 10.2. The molecule has 0 radical (unpaired) electrons. The average Bonchev–Trinajstić information content (AvgIpc) is 2.28. The Morgan fingerprint density at radius 2 is 2.24 bits per heavy atom. The predicted octanol–water partition coefficient (Wildman–Crippen LogP) is -0.176. The monoisotopic (exact) mass is 250 g/mol. The van der Waals surface area contributed by atoms with E-state index in [2.05, 4.69) is 10.9 Å². The van der Waals surface area contributed by atoms with Gasteiger partial charge in [-0.15, -0.1) is 6.42 Å². The normalized spacial score (nSPS) is 18.8. The van der Waals surface area contributed by atoms with Crippen molar-refractivity contribution < 1.29 is 13.2 Å². The van der Waals surface area contributed by atoms with Crippen molar-refractivity contribution in [3.8, 4) is 12.3 Å². The summed E-state index contributed by atoms with van der Waals surface area (Å²) in [6, 6.07) is 3.34. The van der Waals surface area contributed by atoms with E-state index in [1.165, 1.54) is 11.1 Å². The zero-order chi connectivity index (χ0) is 12.5. The quantitative estimate of drug-likeness (QED) is 0.649. The van der Waals surface area contributed by atoms with Crippen LogP contribution in [0.2, 0.25) is 0 Å². The van der Waals surface area contributed by atoms with Crippen LogP contribution in [-0.4, -0.2) is 37.4 Å². The number of nitrogens with zero attached hydrogens (tertiary/aromatic N) is 2. The molecule has 1 aliphatic rings. The summed E-state index contributed by atoms with van der Waals surface area (Å²) in [6.45, 7) is 0.104. The lowest BCUT2D eigenvalue weighted by Crippen LogP contribution is -2.45. The van der Waals surface area contributed by atoms with Gasteiger partial charge in [-0.3, -0.25) is 9.69 Å². The minimum absolute atomic E-state index is 0.0562. The number of amides is 1. The topological polar surface area (TPSA) is 67.3 Å². The molecule has 0 aliphatic carbocycles. The fourth-order valence-corrected chi connectivity index (χ4v) is 2.78. The molecule has 17 heavy (non-hydrogen) atoms. The first-order valence-electron chi connectivity index (χ1n) is 4.96. The van der Waals surface area contributed by atoms with Gasteiger partial charge in [0.15, 0.2) is 15.7 Å². The van der Waals surface area contributed by atoms with Crippen LogP contribution >= 0.6 is 0 Å². The molecule has 0 spiro atoms. The molecule has 0 saturated carbocycles. The van der Waals surface area contributed by atoms with E-state index in [1.807, 2.05) is 0 Å². The highest BCUT2D eigenvalue weighted by molar-refractivity contribution is 7.92. The van der Waals surface area contributed by atoms with Crippen LogP contribution in [0, 0.1) is 12.3 Å². The summed E-state index contributed by atoms with van der Waals surface area (Å²) >= 11 is 0. The van der Waals surface area contributed by atoms with E-state index in [1.54, 1.807) is 12.1 Å². The molecule has 0 bridgehead atoms. The van der Waals surface area contributed by atoms with Crippen molar-refractivity contribution in [3.63, 3.8) is 0 Å². The summed E-state index contributed by atoms with van der Waals surface area (Å²) in [5.74, 6) is 1.77.